The zero-order chi connectivity index (χ0) is 17.1. The lowest BCUT2D eigenvalue weighted by Gasteiger charge is -2.53. The molecular formula is C16H24INO5. The van der Waals surface area contributed by atoms with Crippen molar-refractivity contribution in [1.82, 2.24) is 4.90 Å². The molecule has 130 valence electrons. The van der Waals surface area contributed by atoms with E-state index in [1.807, 2.05) is 27.7 Å². The molecule has 0 aromatic carbocycles. The molecule has 1 saturated carbocycles. The zero-order valence-corrected chi connectivity index (χ0v) is 16.3. The van der Waals surface area contributed by atoms with E-state index in [4.69, 9.17) is 14.2 Å². The van der Waals surface area contributed by atoms with Gasteiger partial charge in [0.05, 0.1) is 25.3 Å². The number of alkyl halides is 1. The third-order valence-electron chi connectivity index (χ3n) is 4.99. The van der Waals surface area contributed by atoms with Crippen molar-refractivity contribution in [2.75, 3.05) is 24.1 Å². The van der Waals surface area contributed by atoms with Gasteiger partial charge >= 0.3 is 12.1 Å². The fourth-order valence-electron chi connectivity index (χ4n) is 4.07. The Morgan fingerprint density at radius 1 is 1.26 bits per heavy atom. The number of esters is 1. The molecule has 3 aliphatic heterocycles. The second-order valence-electron chi connectivity index (χ2n) is 7.91. The van der Waals surface area contributed by atoms with E-state index in [9.17, 15) is 9.59 Å². The highest BCUT2D eigenvalue weighted by Crippen LogP contribution is 2.69. The highest BCUT2D eigenvalue weighted by Gasteiger charge is 2.81. The van der Waals surface area contributed by atoms with Crippen LogP contribution in [-0.4, -0.2) is 57.9 Å². The van der Waals surface area contributed by atoms with E-state index in [0.717, 1.165) is 4.43 Å². The first-order valence-electron chi connectivity index (χ1n) is 8.02. The third-order valence-corrected chi connectivity index (χ3v) is 6.38. The van der Waals surface area contributed by atoms with Crippen LogP contribution in [0.25, 0.3) is 0 Å². The second-order valence-corrected chi connectivity index (χ2v) is 8.67. The lowest BCUT2D eigenvalue weighted by molar-refractivity contribution is -0.177. The molecule has 2 bridgehead atoms. The minimum atomic E-state index is -0.596. The van der Waals surface area contributed by atoms with Crippen LogP contribution in [0.5, 0.6) is 0 Å². The average molecular weight is 437 g/mol. The fourth-order valence-corrected chi connectivity index (χ4v) is 4.76. The van der Waals surface area contributed by atoms with E-state index >= 15 is 0 Å². The van der Waals surface area contributed by atoms with Crippen molar-refractivity contribution in [2.24, 2.45) is 5.41 Å². The monoisotopic (exact) mass is 437 g/mol. The standard InChI is InChI=1S/C16H24INO5/c1-5-21-11(19)15-6-14(7-15,8-17)23-16(15)9-18(10-16)12(20)22-13(2,3)4/h5-10H2,1-4H3. The van der Waals surface area contributed by atoms with Gasteiger partial charge in [-0.05, 0) is 40.5 Å². The van der Waals surface area contributed by atoms with Crippen molar-refractivity contribution in [2.45, 2.75) is 57.3 Å². The van der Waals surface area contributed by atoms with Crippen molar-refractivity contribution in [3.63, 3.8) is 0 Å². The number of halogens is 1. The quantitative estimate of drug-likeness (QED) is 0.386. The summed E-state index contributed by atoms with van der Waals surface area (Å²) >= 11 is 2.31. The normalized spacial score (nSPS) is 33.9. The first kappa shape index (κ1) is 17.3. The van der Waals surface area contributed by atoms with Crippen LogP contribution in [-0.2, 0) is 19.0 Å². The van der Waals surface area contributed by atoms with E-state index in [0.29, 0.717) is 32.5 Å². The van der Waals surface area contributed by atoms with Gasteiger partial charge in [0.25, 0.3) is 0 Å². The summed E-state index contributed by atoms with van der Waals surface area (Å²) < 4.78 is 17.9. The van der Waals surface area contributed by atoms with Crippen molar-refractivity contribution in [3.05, 3.63) is 0 Å². The van der Waals surface area contributed by atoms with Crippen molar-refractivity contribution in [3.8, 4) is 0 Å². The highest BCUT2D eigenvalue weighted by atomic mass is 127. The maximum atomic E-state index is 12.5. The minimum Gasteiger partial charge on any atom is -0.465 e. The maximum Gasteiger partial charge on any atom is 0.410 e. The molecule has 1 amide bonds. The SMILES string of the molecule is CCOC(=O)C12CC(CI)(C1)OC21CN(C(=O)OC(C)(C)C)C1. The van der Waals surface area contributed by atoms with Gasteiger partial charge in [-0.15, -0.1) is 0 Å². The largest absolute Gasteiger partial charge is 0.465 e. The maximum absolute atomic E-state index is 12.5. The average Bonchev–Trinajstić information content (AvgIpc) is 2.81. The fraction of sp³-hybridized carbons (Fsp3) is 0.875. The van der Waals surface area contributed by atoms with Gasteiger partial charge in [-0.1, -0.05) is 22.6 Å². The molecule has 0 aromatic rings. The summed E-state index contributed by atoms with van der Waals surface area (Å²) in [5.74, 6) is -0.179. The number of ether oxygens (including phenoxy) is 3. The number of likely N-dealkylation sites (tertiary alicyclic amines) is 1. The van der Waals surface area contributed by atoms with Crippen molar-refractivity contribution < 1.29 is 23.8 Å². The highest BCUT2D eigenvalue weighted by molar-refractivity contribution is 14.1. The van der Waals surface area contributed by atoms with Crippen LogP contribution < -0.4 is 0 Å². The van der Waals surface area contributed by atoms with Gasteiger partial charge in [-0.25, -0.2) is 4.79 Å². The molecule has 0 radical (unpaired) electrons. The van der Waals surface area contributed by atoms with Gasteiger partial charge in [0.1, 0.15) is 16.6 Å². The Labute approximate surface area is 150 Å². The Balaban J connectivity index is 1.73. The molecule has 3 saturated heterocycles. The number of hydrogen-bond acceptors (Lipinski definition) is 5. The lowest BCUT2D eigenvalue weighted by Crippen LogP contribution is -2.71. The Kier molecular flexibility index (Phi) is 3.91. The summed E-state index contributed by atoms with van der Waals surface area (Å²) in [6, 6.07) is 0. The number of nitrogens with zero attached hydrogens (tertiary/aromatic N) is 1. The summed E-state index contributed by atoms with van der Waals surface area (Å²) in [6.45, 7) is 8.51. The van der Waals surface area contributed by atoms with Crippen molar-refractivity contribution in [1.29, 1.82) is 0 Å². The minimum absolute atomic E-state index is 0.179. The summed E-state index contributed by atoms with van der Waals surface area (Å²) in [6.07, 6.45) is 1.05. The molecule has 4 aliphatic rings. The van der Waals surface area contributed by atoms with E-state index in [1.165, 1.54) is 0 Å². The van der Waals surface area contributed by atoms with Crippen LogP contribution >= 0.6 is 22.6 Å². The van der Waals surface area contributed by atoms with Crippen LogP contribution in [0.1, 0.15) is 40.5 Å². The molecule has 0 atom stereocenters. The third kappa shape index (κ3) is 2.45. The number of rotatable bonds is 3. The molecule has 1 spiro atoms. The lowest BCUT2D eigenvalue weighted by atomic mass is 9.54. The molecule has 1 aliphatic carbocycles. The van der Waals surface area contributed by atoms with Crippen LogP contribution in [0.15, 0.2) is 0 Å². The number of carbonyl (C=O) groups is 2. The Morgan fingerprint density at radius 2 is 1.87 bits per heavy atom. The smallest absolute Gasteiger partial charge is 0.410 e. The van der Waals surface area contributed by atoms with E-state index in [-0.39, 0.29) is 17.7 Å². The van der Waals surface area contributed by atoms with Crippen LogP contribution in [0.2, 0.25) is 0 Å². The number of amides is 1. The molecule has 3 heterocycles. The predicted molar refractivity (Wildman–Crippen MR) is 91.5 cm³/mol. The summed E-state index contributed by atoms with van der Waals surface area (Å²) in [7, 11) is 0. The van der Waals surface area contributed by atoms with Gasteiger partial charge in [0, 0.05) is 4.43 Å². The molecule has 23 heavy (non-hydrogen) atoms. The first-order valence-corrected chi connectivity index (χ1v) is 9.55. The number of hydrogen-bond donors (Lipinski definition) is 0. The summed E-state index contributed by atoms with van der Waals surface area (Å²) in [4.78, 5) is 26.3. The molecule has 0 N–H and O–H groups in total. The van der Waals surface area contributed by atoms with Gasteiger partial charge in [0.15, 0.2) is 0 Å². The predicted octanol–water partition coefficient (Wildman–Crippen LogP) is 2.52. The van der Waals surface area contributed by atoms with Crippen LogP contribution in [0.4, 0.5) is 4.79 Å². The summed E-state index contributed by atoms with van der Waals surface area (Å²) in [5.41, 5.74) is -1.94. The first-order chi connectivity index (χ1) is 10.6. The molecule has 0 aromatic heterocycles. The molecular weight excluding hydrogens is 413 g/mol. The molecule has 4 rings (SSSR count). The Bertz CT molecular complexity index is 529. The van der Waals surface area contributed by atoms with Gasteiger partial charge in [-0.2, -0.15) is 0 Å². The van der Waals surface area contributed by atoms with Gasteiger partial charge in [-0.3, -0.25) is 4.79 Å². The zero-order valence-electron chi connectivity index (χ0n) is 14.1. The van der Waals surface area contributed by atoms with E-state index in [1.54, 1.807) is 4.90 Å². The second kappa shape index (κ2) is 5.21. The Morgan fingerprint density at radius 3 is 2.35 bits per heavy atom. The number of carbonyl (C=O) groups excluding carboxylic acids is 2. The van der Waals surface area contributed by atoms with E-state index in [2.05, 4.69) is 22.6 Å². The Hall–Kier alpha value is -0.570. The summed E-state index contributed by atoms with van der Waals surface area (Å²) in [5, 5.41) is 0. The topological polar surface area (TPSA) is 65.1 Å². The van der Waals surface area contributed by atoms with Gasteiger partial charge < -0.3 is 19.1 Å². The molecule has 6 nitrogen and oxygen atoms in total. The van der Waals surface area contributed by atoms with Crippen LogP contribution in [0.3, 0.4) is 0 Å². The van der Waals surface area contributed by atoms with Crippen LogP contribution in [0, 0.1) is 5.41 Å². The molecule has 7 heteroatoms. The molecule has 4 fully saturated rings. The van der Waals surface area contributed by atoms with E-state index < -0.39 is 16.6 Å². The van der Waals surface area contributed by atoms with Crippen molar-refractivity contribution >= 4 is 34.7 Å². The molecule has 0 unspecified atom stereocenters. The van der Waals surface area contributed by atoms with Gasteiger partial charge in [0.2, 0.25) is 0 Å².